The van der Waals surface area contributed by atoms with Gasteiger partial charge in [0, 0.05) is 15.5 Å². The average molecular weight is 326 g/mol. The van der Waals surface area contributed by atoms with Crippen LogP contribution in [-0.4, -0.2) is 9.97 Å². The summed E-state index contributed by atoms with van der Waals surface area (Å²) in [6, 6.07) is 4.97. The normalized spacial score (nSPS) is 11.5. The van der Waals surface area contributed by atoms with E-state index >= 15 is 0 Å². The number of nitrogens with zero attached hydrogens (tertiary/aromatic N) is 2. The zero-order chi connectivity index (χ0) is 15.8. The van der Waals surface area contributed by atoms with Crippen molar-refractivity contribution in [2.45, 2.75) is 33.1 Å². The SMILES string of the molecule is Cc1c(N)nc(C(C)(C)C)nc1Oc1cc(Cl)cc(Cl)c1. The van der Waals surface area contributed by atoms with E-state index in [1.54, 1.807) is 18.2 Å². The molecule has 0 saturated heterocycles. The molecule has 0 spiro atoms. The lowest BCUT2D eigenvalue weighted by Crippen LogP contribution is -2.18. The van der Waals surface area contributed by atoms with Crippen molar-refractivity contribution >= 4 is 29.0 Å². The minimum Gasteiger partial charge on any atom is -0.438 e. The summed E-state index contributed by atoms with van der Waals surface area (Å²) in [6.07, 6.45) is 0. The molecule has 0 fully saturated rings. The molecule has 0 bridgehead atoms. The van der Waals surface area contributed by atoms with Gasteiger partial charge in [0.05, 0.1) is 5.56 Å². The number of hydrogen-bond acceptors (Lipinski definition) is 4. The molecule has 21 heavy (non-hydrogen) atoms. The Kier molecular flexibility index (Phi) is 4.30. The second-order valence-corrected chi connectivity index (χ2v) is 6.69. The summed E-state index contributed by atoms with van der Waals surface area (Å²) in [6.45, 7) is 7.84. The van der Waals surface area contributed by atoms with Crippen LogP contribution in [0.5, 0.6) is 11.6 Å². The van der Waals surface area contributed by atoms with Crippen LogP contribution >= 0.6 is 23.2 Å². The van der Waals surface area contributed by atoms with Gasteiger partial charge in [-0.15, -0.1) is 0 Å². The van der Waals surface area contributed by atoms with E-state index in [1.165, 1.54) is 0 Å². The molecular weight excluding hydrogens is 309 g/mol. The molecule has 0 aliphatic rings. The minimum absolute atomic E-state index is 0.230. The molecule has 2 rings (SSSR count). The van der Waals surface area contributed by atoms with Crippen molar-refractivity contribution in [2.75, 3.05) is 5.73 Å². The van der Waals surface area contributed by atoms with Gasteiger partial charge in [-0.3, -0.25) is 0 Å². The Morgan fingerprint density at radius 3 is 2.14 bits per heavy atom. The van der Waals surface area contributed by atoms with Gasteiger partial charge in [0.1, 0.15) is 17.4 Å². The minimum atomic E-state index is -0.230. The first kappa shape index (κ1) is 15.9. The van der Waals surface area contributed by atoms with Crippen molar-refractivity contribution in [3.05, 3.63) is 39.6 Å². The molecule has 2 N–H and O–H groups in total. The fourth-order valence-corrected chi connectivity index (χ4v) is 2.15. The van der Waals surface area contributed by atoms with Crippen LogP contribution in [0.15, 0.2) is 18.2 Å². The maximum atomic E-state index is 5.97. The predicted octanol–water partition coefficient (Wildman–Crippen LogP) is 4.76. The zero-order valence-electron chi connectivity index (χ0n) is 12.4. The molecule has 4 nitrogen and oxygen atoms in total. The first-order chi connectivity index (χ1) is 9.66. The Bertz CT molecular complexity index is 661. The van der Waals surface area contributed by atoms with Crippen LogP contribution in [-0.2, 0) is 5.41 Å². The molecule has 6 heteroatoms. The number of ether oxygens (including phenoxy) is 1. The molecule has 112 valence electrons. The highest BCUT2D eigenvalue weighted by molar-refractivity contribution is 6.34. The van der Waals surface area contributed by atoms with Crippen molar-refractivity contribution in [1.29, 1.82) is 0 Å². The maximum absolute atomic E-state index is 5.97. The molecule has 0 atom stereocenters. The second-order valence-electron chi connectivity index (χ2n) is 5.82. The second kappa shape index (κ2) is 5.70. The Labute approximate surface area is 134 Å². The third kappa shape index (κ3) is 3.77. The number of hydrogen-bond donors (Lipinski definition) is 1. The van der Waals surface area contributed by atoms with Crippen LogP contribution in [0.1, 0.15) is 32.2 Å². The van der Waals surface area contributed by atoms with E-state index in [2.05, 4.69) is 9.97 Å². The largest absolute Gasteiger partial charge is 0.438 e. The highest BCUT2D eigenvalue weighted by atomic mass is 35.5. The third-order valence-corrected chi connectivity index (χ3v) is 3.30. The van der Waals surface area contributed by atoms with Gasteiger partial charge in [0.15, 0.2) is 0 Å². The maximum Gasteiger partial charge on any atom is 0.227 e. The van der Waals surface area contributed by atoms with Crippen molar-refractivity contribution in [3.8, 4) is 11.6 Å². The summed E-state index contributed by atoms with van der Waals surface area (Å²) in [5.74, 6) is 1.94. The molecule has 0 unspecified atom stereocenters. The molecule has 0 aliphatic carbocycles. The van der Waals surface area contributed by atoms with Gasteiger partial charge in [-0.05, 0) is 25.1 Å². The Morgan fingerprint density at radius 1 is 1.05 bits per heavy atom. The first-order valence-electron chi connectivity index (χ1n) is 6.45. The molecule has 0 radical (unpaired) electrons. The van der Waals surface area contributed by atoms with E-state index in [0.717, 1.165) is 0 Å². The number of aromatic nitrogens is 2. The van der Waals surface area contributed by atoms with Crippen LogP contribution in [0.4, 0.5) is 5.82 Å². The van der Waals surface area contributed by atoms with Gasteiger partial charge in [0.25, 0.3) is 0 Å². The number of anilines is 1. The summed E-state index contributed by atoms with van der Waals surface area (Å²) < 4.78 is 5.79. The third-order valence-electron chi connectivity index (χ3n) is 2.86. The Morgan fingerprint density at radius 2 is 1.62 bits per heavy atom. The van der Waals surface area contributed by atoms with E-state index in [1.807, 2.05) is 27.7 Å². The summed E-state index contributed by atoms with van der Waals surface area (Å²) in [7, 11) is 0. The van der Waals surface area contributed by atoms with Crippen LogP contribution in [0.3, 0.4) is 0 Å². The number of benzene rings is 1. The average Bonchev–Trinajstić information content (AvgIpc) is 2.32. The summed E-state index contributed by atoms with van der Waals surface area (Å²) in [5.41, 5.74) is 6.40. The van der Waals surface area contributed by atoms with Crippen LogP contribution in [0.25, 0.3) is 0 Å². The van der Waals surface area contributed by atoms with Gasteiger partial charge in [-0.1, -0.05) is 44.0 Å². The van der Waals surface area contributed by atoms with Crippen molar-refractivity contribution in [2.24, 2.45) is 0 Å². The molecular formula is C15H17Cl2N3O. The van der Waals surface area contributed by atoms with E-state index in [-0.39, 0.29) is 5.41 Å². The van der Waals surface area contributed by atoms with Gasteiger partial charge in [-0.25, -0.2) is 4.98 Å². The van der Waals surface area contributed by atoms with Crippen molar-refractivity contribution in [3.63, 3.8) is 0 Å². The lowest BCUT2D eigenvalue weighted by Gasteiger charge is -2.19. The predicted molar refractivity (Wildman–Crippen MR) is 86.4 cm³/mol. The van der Waals surface area contributed by atoms with Crippen LogP contribution in [0, 0.1) is 6.92 Å². The van der Waals surface area contributed by atoms with Gasteiger partial charge >= 0.3 is 0 Å². The summed E-state index contributed by atoms with van der Waals surface area (Å²) in [5, 5.41) is 0.987. The smallest absolute Gasteiger partial charge is 0.227 e. The van der Waals surface area contributed by atoms with Gasteiger partial charge in [-0.2, -0.15) is 4.98 Å². The van der Waals surface area contributed by atoms with E-state index in [4.69, 9.17) is 33.7 Å². The lowest BCUT2D eigenvalue weighted by molar-refractivity contribution is 0.443. The fraction of sp³-hybridized carbons (Fsp3) is 0.333. The fourth-order valence-electron chi connectivity index (χ4n) is 1.65. The first-order valence-corrected chi connectivity index (χ1v) is 7.21. The molecule has 1 heterocycles. The number of nitrogens with two attached hydrogens (primary N) is 1. The molecule has 2 aromatic rings. The van der Waals surface area contributed by atoms with Gasteiger partial charge in [0.2, 0.25) is 5.88 Å². The number of nitrogen functional groups attached to an aromatic ring is 1. The van der Waals surface area contributed by atoms with Gasteiger partial charge < -0.3 is 10.5 Å². The summed E-state index contributed by atoms with van der Waals surface area (Å²) >= 11 is 11.9. The monoisotopic (exact) mass is 325 g/mol. The van der Waals surface area contributed by atoms with Crippen LogP contribution < -0.4 is 10.5 Å². The van der Waals surface area contributed by atoms with E-state index in [0.29, 0.717) is 38.9 Å². The molecule has 1 aromatic carbocycles. The number of rotatable bonds is 2. The molecule has 0 amide bonds. The van der Waals surface area contributed by atoms with E-state index < -0.39 is 0 Å². The van der Waals surface area contributed by atoms with Crippen molar-refractivity contribution in [1.82, 2.24) is 9.97 Å². The van der Waals surface area contributed by atoms with E-state index in [9.17, 15) is 0 Å². The standard InChI is InChI=1S/C15H17Cl2N3O/c1-8-12(18)19-14(15(2,3)4)20-13(8)21-11-6-9(16)5-10(17)7-11/h5-7H,1-4H3,(H2,18,19,20). The Balaban J connectivity index is 2.46. The summed E-state index contributed by atoms with van der Waals surface area (Å²) in [4.78, 5) is 8.78. The highest BCUT2D eigenvalue weighted by Gasteiger charge is 2.21. The molecule has 1 aromatic heterocycles. The zero-order valence-corrected chi connectivity index (χ0v) is 13.9. The lowest BCUT2D eigenvalue weighted by atomic mass is 9.95. The van der Waals surface area contributed by atoms with Crippen LogP contribution in [0.2, 0.25) is 10.0 Å². The molecule has 0 saturated carbocycles. The highest BCUT2D eigenvalue weighted by Crippen LogP contribution is 2.32. The number of halogens is 2. The quantitative estimate of drug-likeness (QED) is 0.864. The topological polar surface area (TPSA) is 61.0 Å². The Hall–Kier alpha value is -1.52. The molecule has 0 aliphatic heterocycles. The van der Waals surface area contributed by atoms with Crippen molar-refractivity contribution < 1.29 is 4.74 Å².